The molecular weight excluding hydrogens is 443 g/mol. The fraction of sp³-hybridized carbons (Fsp3) is 0.500. The number of carbonyl (C=O) groups is 1. The minimum Gasteiger partial charge on any atom is -0.497 e. The van der Waals surface area contributed by atoms with Crippen molar-refractivity contribution in [2.24, 2.45) is 5.92 Å². The maximum Gasteiger partial charge on any atom is 0.416 e. The SMILES string of the molecule is CCC(=O)N1C[C@@H](CN2CCN(c3cccc(OC)c3)CC2)[C@@H](c2cccc(C(F)(F)F)c2)C1. The molecule has 2 aromatic carbocycles. The molecule has 2 aromatic rings. The number of piperazine rings is 1. The zero-order chi connectivity index (χ0) is 24.3. The fourth-order valence-electron chi connectivity index (χ4n) is 5.13. The molecule has 0 saturated carbocycles. The van der Waals surface area contributed by atoms with Gasteiger partial charge >= 0.3 is 6.18 Å². The molecular formula is C26H32F3N3O2. The molecule has 2 aliphatic rings. The van der Waals surface area contributed by atoms with Crippen molar-refractivity contribution in [3.8, 4) is 5.75 Å². The van der Waals surface area contributed by atoms with Gasteiger partial charge in [-0.1, -0.05) is 31.2 Å². The van der Waals surface area contributed by atoms with E-state index in [-0.39, 0.29) is 17.7 Å². The maximum absolute atomic E-state index is 13.3. The molecule has 4 rings (SSSR count). The van der Waals surface area contributed by atoms with E-state index in [2.05, 4.69) is 15.9 Å². The summed E-state index contributed by atoms with van der Waals surface area (Å²) in [6, 6.07) is 13.6. The molecule has 0 unspecified atom stereocenters. The van der Waals surface area contributed by atoms with Crippen LogP contribution in [-0.2, 0) is 11.0 Å². The van der Waals surface area contributed by atoms with E-state index in [4.69, 9.17) is 4.74 Å². The minimum atomic E-state index is -4.38. The number of likely N-dealkylation sites (tertiary alicyclic amines) is 1. The van der Waals surface area contributed by atoms with Crippen molar-refractivity contribution in [2.75, 3.05) is 57.8 Å². The number of anilines is 1. The summed E-state index contributed by atoms with van der Waals surface area (Å²) in [6.07, 6.45) is -3.97. The van der Waals surface area contributed by atoms with E-state index in [1.54, 1.807) is 13.2 Å². The van der Waals surface area contributed by atoms with Gasteiger partial charge in [0, 0.05) is 69.9 Å². The average Bonchev–Trinajstić information content (AvgIpc) is 3.27. The Kier molecular flexibility index (Phi) is 7.36. The molecule has 8 heteroatoms. The van der Waals surface area contributed by atoms with E-state index < -0.39 is 11.7 Å². The molecule has 2 atom stereocenters. The molecule has 0 spiro atoms. The number of hydrogen-bond donors (Lipinski definition) is 0. The molecule has 2 aliphatic heterocycles. The number of rotatable bonds is 6. The molecule has 0 aliphatic carbocycles. The zero-order valence-electron chi connectivity index (χ0n) is 19.7. The van der Waals surface area contributed by atoms with Gasteiger partial charge < -0.3 is 14.5 Å². The fourth-order valence-corrected chi connectivity index (χ4v) is 5.13. The number of benzene rings is 2. The number of carbonyl (C=O) groups excluding carboxylic acids is 1. The molecule has 5 nitrogen and oxygen atoms in total. The van der Waals surface area contributed by atoms with Crippen LogP contribution >= 0.6 is 0 Å². The van der Waals surface area contributed by atoms with E-state index in [0.29, 0.717) is 25.1 Å². The van der Waals surface area contributed by atoms with Gasteiger partial charge in [-0.25, -0.2) is 0 Å². The van der Waals surface area contributed by atoms with Crippen molar-refractivity contribution >= 4 is 11.6 Å². The number of amides is 1. The second kappa shape index (κ2) is 10.3. The summed E-state index contributed by atoms with van der Waals surface area (Å²) in [5.74, 6) is 0.884. The van der Waals surface area contributed by atoms with Gasteiger partial charge in [0.15, 0.2) is 0 Å². The van der Waals surface area contributed by atoms with E-state index in [0.717, 1.165) is 50.2 Å². The number of hydrogen-bond acceptors (Lipinski definition) is 4. The van der Waals surface area contributed by atoms with Crippen molar-refractivity contribution in [3.63, 3.8) is 0 Å². The number of halogens is 3. The van der Waals surface area contributed by atoms with Gasteiger partial charge in [-0.3, -0.25) is 9.69 Å². The van der Waals surface area contributed by atoms with Crippen LogP contribution in [0.3, 0.4) is 0 Å². The topological polar surface area (TPSA) is 36.0 Å². The van der Waals surface area contributed by atoms with Crippen molar-refractivity contribution < 1.29 is 22.7 Å². The molecule has 1 amide bonds. The summed E-state index contributed by atoms with van der Waals surface area (Å²) in [5.41, 5.74) is 1.17. The van der Waals surface area contributed by atoms with Gasteiger partial charge in [-0.15, -0.1) is 0 Å². The largest absolute Gasteiger partial charge is 0.497 e. The number of methoxy groups -OCH3 is 1. The van der Waals surface area contributed by atoms with Crippen LogP contribution in [0.4, 0.5) is 18.9 Å². The molecule has 0 N–H and O–H groups in total. The Morgan fingerprint density at radius 2 is 1.76 bits per heavy atom. The molecule has 2 saturated heterocycles. The van der Waals surface area contributed by atoms with Crippen molar-refractivity contribution in [3.05, 3.63) is 59.7 Å². The smallest absolute Gasteiger partial charge is 0.416 e. The molecule has 184 valence electrons. The van der Waals surface area contributed by atoms with Crippen LogP contribution in [0.2, 0.25) is 0 Å². The van der Waals surface area contributed by atoms with E-state index in [1.165, 1.54) is 12.1 Å². The summed E-state index contributed by atoms with van der Waals surface area (Å²) < 4.78 is 45.3. The van der Waals surface area contributed by atoms with E-state index >= 15 is 0 Å². The summed E-state index contributed by atoms with van der Waals surface area (Å²) in [4.78, 5) is 18.9. The van der Waals surface area contributed by atoms with Gasteiger partial charge in [0.1, 0.15) is 5.75 Å². The Morgan fingerprint density at radius 3 is 2.44 bits per heavy atom. The lowest BCUT2D eigenvalue weighted by molar-refractivity contribution is -0.137. The lowest BCUT2D eigenvalue weighted by atomic mass is 9.87. The van der Waals surface area contributed by atoms with Gasteiger partial charge in [-0.05, 0) is 29.7 Å². The van der Waals surface area contributed by atoms with Crippen molar-refractivity contribution in [2.45, 2.75) is 25.4 Å². The Hall–Kier alpha value is -2.74. The van der Waals surface area contributed by atoms with Crippen LogP contribution in [0.1, 0.15) is 30.4 Å². The van der Waals surface area contributed by atoms with Crippen LogP contribution in [0, 0.1) is 5.92 Å². The lowest BCUT2D eigenvalue weighted by Gasteiger charge is -2.38. The Labute approximate surface area is 199 Å². The first-order valence-corrected chi connectivity index (χ1v) is 11.8. The van der Waals surface area contributed by atoms with Gasteiger partial charge in [0.05, 0.1) is 12.7 Å². The van der Waals surface area contributed by atoms with Crippen LogP contribution in [0.15, 0.2) is 48.5 Å². The Bertz CT molecular complexity index is 989. The van der Waals surface area contributed by atoms with Crippen molar-refractivity contribution in [1.29, 1.82) is 0 Å². The number of ether oxygens (including phenoxy) is 1. The molecule has 2 fully saturated rings. The Morgan fingerprint density at radius 1 is 1.03 bits per heavy atom. The maximum atomic E-state index is 13.3. The van der Waals surface area contributed by atoms with Crippen LogP contribution in [0.25, 0.3) is 0 Å². The van der Waals surface area contributed by atoms with Crippen LogP contribution in [-0.4, -0.2) is 68.6 Å². The summed E-state index contributed by atoms with van der Waals surface area (Å²) in [6.45, 7) is 7.12. The summed E-state index contributed by atoms with van der Waals surface area (Å²) in [5, 5.41) is 0. The molecule has 34 heavy (non-hydrogen) atoms. The van der Waals surface area contributed by atoms with Gasteiger partial charge in [-0.2, -0.15) is 13.2 Å². The second-order valence-corrected chi connectivity index (χ2v) is 9.13. The Balaban J connectivity index is 1.45. The lowest BCUT2D eigenvalue weighted by Crippen LogP contribution is -2.48. The zero-order valence-corrected chi connectivity index (χ0v) is 19.7. The van der Waals surface area contributed by atoms with Gasteiger partial charge in [0.25, 0.3) is 0 Å². The minimum absolute atomic E-state index is 0.0577. The first-order chi connectivity index (χ1) is 16.3. The third kappa shape index (κ3) is 5.49. The highest BCUT2D eigenvalue weighted by molar-refractivity contribution is 5.76. The molecule has 0 bridgehead atoms. The third-order valence-corrected chi connectivity index (χ3v) is 7.02. The second-order valence-electron chi connectivity index (χ2n) is 9.13. The number of alkyl halides is 3. The third-order valence-electron chi connectivity index (χ3n) is 7.02. The van der Waals surface area contributed by atoms with E-state index in [1.807, 2.05) is 30.0 Å². The highest BCUT2D eigenvalue weighted by atomic mass is 19.4. The average molecular weight is 476 g/mol. The highest BCUT2D eigenvalue weighted by Crippen LogP contribution is 2.37. The van der Waals surface area contributed by atoms with Crippen LogP contribution in [0.5, 0.6) is 5.75 Å². The summed E-state index contributed by atoms with van der Waals surface area (Å²) >= 11 is 0. The molecule has 0 aromatic heterocycles. The number of nitrogens with zero attached hydrogens (tertiary/aromatic N) is 3. The highest BCUT2D eigenvalue weighted by Gasteiger charge is 2.38. The predicted octanol–water partition coefficient (Wildman–Crippen LogP) is 4.49. The van der Waals surface area contributed by atoms with Crippen LogP contribution < -0.4 is 9.64 Å². The van der Waals surface area contributed by atoms with Gasteiger partial charge in [0.2, 0.25) is 5.91 Å². The quantitative estimate of drug-likeness (QED) is 0.617. The summed E-state index contributed by atoms with van der Waals surface area (Å²) in [7, 11) is 1.66. The first kappa shape index (κ1) is 24.4. The molecule has 2 heterocycles. The van der Waals surface area contributed by atoms with E-state index in [9.17, 15) is 18.0 Å². The van der Waals surface area contributed by atoms with Crippen molar-refractivity contribution in [1.82, 2.24) is 9.80 Å². The molecule has 0 radical (unpaired) electrons. The predicted molar refractivity (Wildman–Crippen MR) is 126 cm³/mol. The standard InChI is InChI=1S/C26H32F3N3O2/c1-3-25(33)32-17-20(24(18-32)19-6-4-7-21(14-19)26(27,28)29)16-30-10-12-31(13-11-30)22-8-5-9-23(15-22)34-2/h4-9,14-15,20,24H,3,10-13,16-18H2,1-2H3/t20-,24-/m1/s1. The normalized spacial score (nSPS) is 21.7. The first-order valence-electron chi connectivity index (χ1n) is 11.8. The monoisotopic (exact) mass is 475 g/mol.